The SMILES string of the molecule is COCCC(=O)N1CCCC(c2nc(C3=CC=C(C(=O)Nc4cc(N)ccn4)CC3)c3c(N)nccn23)C1. The van der Waals surface area contributed by atoms with Crippen molar-refractivity contribution >= 4 is 40.2 Å². The third-order valence-corrected chi connectivity index (χ3v) is 7.04. The Balaban J connectivity index is 1.41. The zero-order valence-corrected chi connectivity index (χ0v) is 21.4. The minimum Gasteiger partial charge on any atom is -0.399 e. The van der Waals surface area contributed by atoms with Crippen LogP contribution < -0.4 is 16.8 Å². The second-order valence-corrected chi connectivity index (χ2v) is 9.58. The number of allylic oxidation sites excluding steroid dienone is 3. The highest BCUT2D eigenvalue weighted by molar-refractivity contribution is 6.04. The van der Waals surface area contributed by atoms with Gasteiger partial charge in [-0.2, -0.15) is 0 Å². The Morgan fingerprint density at radius 1 is 1.18 bits per heavy atom. The summed E-state index contributed by atoms with van der Waals surface area (Å²) in [4.78, 5) is 40.8. The number of carbonyl (C=O) groups excluding carboxylic acids is 2. The number of imidazole rings is 1. The monoisotopic (exact) mass is 516 g/mol. The van der Waals surface area contributed by atoms with E-state index in [4.69, 9.17) is 21.2 Å². The van der Waals surface area contributed by atoms with Crippen LogP contribution in [0.3, 0.4) is 0 Å². The number of anilines is 3. The fourth-order valence-corrected chi connectivity index (χ4v) is 5.10. The predicted molar refractivity (Wildman–Crippen MR) is 145 cm³/mol. The predicted octanol–water partition coefficient (Wildman–Crippen LogP) is 2.77. The summed E-state index contributed by atoms with van der Waals surface area (Å²) < 4.78 is 7.09. The van der Waals surface area contributed by atoms with E-state index in [-0.39, 0.29) is 17.7 Å². The molecule has 1 saturated heterocycles. The van der Waals surface area contributed by atoms with E-state index >= 15 is 0 Å². The van der Waals surface area contributed by atoms with E-state index in [9.17, 15) is 9.59 Å². The Morgan fingerprint density at radius 2 is 2.05 bits per heavy atom. The molecule has 5 rings (SSSR count). The largest absolute Gasteiger partial charge is 0.399 e. The fourth-order valence-electron chi connectivity index (χ4n) is 5.10. The van der Waals surface area contributed by atoms with Gasteiger partial charge < -0.3 is 26.4 Å². The number of piperidine rings is 1. The number of ether oxygens (including phenoxy) is 1. The smallest absolute Gasteiger partial charge is 0.252 e. The summed E-state index contributed by atoms with van der Waals surface area (Å²) in [6, 6.07) is 3.29. The van der Waals surface area contributed by atoms with Crippen molar-refractivity contribution in [1.82, 2.24) is 24.3 Å². The van der Waals surface area contributed by atoms with Crippen molar-refractivity contribution in [1.29, 1.82) is 0 Å². The van der Waals surface area contributed by atoms with Gasteiger partial charge in [0.05, 0.1) is 18.7 Å². The Morgan fingerprint density at radius 3 is 2.82 bits per heavy atom. The maximum atomic E-state index is 12.8. The lowest BCUT2D eigenvalue weighted by molar-refractivity contribution is -0.133. The number of rotatable bonds is 7. The van der Waals surface area contributed by atoms with Crippen LogP contribution in [0.1, 0.15) is 49.5 Å². The highest BCUT2D eigenvalue weighted by Crippen LogP contribution is 2.35. The van der Waals surface area contributed by atoms with Crippen molar-refractivity contribution in [2.24, 2.45) is 0 Å². The van der Waals surface area contributed by atoms with Crippen LogP contribution in [0, 0.1) is 0 Å². The van der Waals surface area contributed by atoms with Gasteiger partial charge in [-0.25, -0.2) is 15.0 Å². The summed E-state index contributed by atoms with van der Waals surface area (Å²) >= 11 is 0. The minimum absolute atomic E-state index is 0.0742. The van der Waals surface area contributed by atoms with Gasteiger partial charge in [-0.15, -0.1) is 0 Å². The number of nitrogens with one attached hydrogen (secondary N) is 1. The van der Waals surface area contributed by atoms with E-state index in [0.717, 1.165) is 42.0 Å². The number of amides is 2. The summed E-state index contributed by atoms with van der Waals surface area (Å²) in [5.41, 5.74) is 15.8. The zero-order valence-electron chi connectivity index (χ0n) is 21.4. The van der Waals surface area contributed by atoms with Crippen LogP contribution in [0.4, 0.5) is 17.3 Å². The number of nitrogens with zero attached hydrogens (tertiary/aromatic N) is 5. The maximum Gasteiger partial charge on any atom is 0.252 e. The first-order valence-corrected chi connectivity index (χ1v) is 12.8. The average molecular weight is 517 g/mol. The molecule has 0 aromatic carbocycles. The number of carbonyl (C=O) groups is 2. The second-order valence-electron chi connectivity index (χ2n) is 9.58. The molecule has 198 valence electrons. The van der Waals surface area contributed by atoms with E-state index in [1.165, 1.54) is 0 Å². The number of pyridine rings is 1. The van der Waals surface area contributed by atoms with Crippen LogP contribution in [0.5, 0.6) is 0 Å². The van der Waals surface area contributed by atoms with Crippen molar-refractivity contribution in [2.75, 3.05) is 43.6 Å². The molecule has 1 aliphatic carbocycles. The molecule has 1 aliphatic heterocycles. The number of nitrogens with two attached hydrogens (primary N) is 2. The lowest BCUT2D eigenvalue weighted by Crippen LogP contribution is -2.39. The van der Waals surface area contributed by atoms with Gasteiger partial charge in [0.15, 0.2) is 0 Å². The van der Waals surface area contributed by atoms with Gasteiger partial charge in [0.1, 0.15) is 23.0 Å². The number of nitrogen functional groups attached to an aromatic ring is 2. The summed E-state index contributed by atoms with van der Waals surface area (Å²) in [7, 11) is 1.60. The third kappa shape index (κ3) is 5.23. The zero-order chi connectivity index (χ0) is 26.6. The molecule has 0 bridgehead atoms. The van der Waals surface area contributed by atoms with E-state index in [1.807, 2.05) is 27.6 Å². The number of hydrogen-bond acceptors (Lipinski definition) is 8. The first-order valence-electron chi connectivity index (χ1n) is 12.8. The van der Waals surface area contributed by atoms with Gasteiger partial charge in [0, 0.05) is 62.0 Å². The van der Waals surface area contributed by atoms with Crippen molar-refractivity contribution in [3.63, 3.8) is 0 Å². The van der Waals surface area contributed by atoms with Crippen molar-refractivity contribution < 1.29 is 14.3 Å². The molecule has 2 amide bonds. The average Bonchev–Trinajstić information content (AvgIpc) is 3.33. The van der Waals surface area contributed by atoms with Crippen LogP contribution in [0.15, 0.2) is 48.4 Å². The molecule has 0 saturated carbocycles. The lowest BCUT2D eigenvalue weighted by atomic mass is 9.95. The first kappa shape index (κ1) is 25.4. The fraction of sp³-hybridized carbons (Fsp3) is 0.370. The molecule has 1 fully saturated rings. The van der Waals surface area contributed by atoms with E-state index in [1.54, 1.807) is 31.6 Å². The van der Waals surface area contributed by atoms with Crippen LogP contribution in [-0.4, -0.2) is 62.9 Å². The number of aromatic nitrogens is 4. The Kier molecular flexibility index (Phi) is 7.36. The molecular formula is C27H32N8O3. The molecule has 0 radical (unpaired) electrons. The first-order chi connectivity index (χ1) is 18.4. The molecule has 4 heterocycles. The topological polar surface area (TPSA) is 154 Å². The number of likely N-dealkylation sites (tertiary alicyclic amines) is 1. The van der Waals surface area contributed by atoms with Crippen molar-refractivity contribution in [3.8, 4) is 0 Å². The van der Waals surface area contributed by atoms with Crippen LogP contribution in [0.25, 0.3) is 11.1 Å². The maximum absolute atomic E-state index is 12.8. The molecule has 1 atom stereocenters. The van der Waals surface area contributed by atoms with Gasteiger partial charge in [0.25, 0.3) is 5.91 Å². The second kappa shape index (κ2) is 11.0. The van der Waals surface area contributed by atoms with Crippen molar-refractivity contribution in [3.05, 3.63) is 60.0 Å². The number of methoxy groups -OCH3 is 1. The Labute approximate surface area is 220 Å². The van der Waals surface area contributed by atoms with Gasteiger partial charge >= 0.3 is 0 Å². The Bertz CT molecular complexity index is 1430. The highest BCUT2D eigenvalue weighted by Gasteiger charge is 2.30. The molecule has 1 unspecified atom stereocenters. The molecule has 0 spiro atoms. The summed E-state index contributed by atoms with van der Waals surface area (Å²) in [6.45, 7) is 1.76. The third-order valence-electron chi connectivity index (χ3n) is 7.04. The molecule has 5 N–H and O–H groups in total. The normalized spacial score (nSPS) is 17.7. The van der Waals surface area contributed by atoms with E-state index < -0.39 is 0 Å². The molecule has 11 nitrogen and oxygen atoms in total. The standard InChI is InChI=1S/C27H32N8O3/c1-38-14-9-22(36)34-12-2-3-19(16-34)26-33-23(24-25(29)31-11-13-35(24)26)17-4-6-18(7-5-17)27(37)32-21-15-20(28)8-10-30-21/h4,6,8,10-11,13,15,19H,2-3,5,7,9,12,14,16H2,1H3,(H2,29,31)(H3,28,30,32,37). The number of fused-ring (bicyclic) bond motifs is 1. The molecule has 3 aromatic rings. The van der Waals surface area contributed by atoms with Gasteiger partial charge in [-0.1, -0.05) is 12.2 Å². The van der Waals surface area contributed by atoms with Crippen molar-refractivity contribution in [2.45, 2.75) is 38.0 Å². The minimum atomic E-state index is -0.213. The summed E-state index contributed by atoms with van der Waals surface area (Å²) in [6.07, 6.45) is 12.2. The number of hydrogen-bond donors (Lipinski definition) is 3. The van der Waals surface area contributed by atoms with Crippen LogP contribution in [0.2, 0.25) is 0 Å². The van der Waals surface area contributed by atoms with Crippen LogP contribution in [-0.2, 0) is 14.3 Å². The summed E-state index contributed by atoms with van der Waals surface area (Å²) in [5.74, 6) is 1.64. The summed E-state index contributed by atoms with van der Waals surface area (Å²) in [5, 5.41) is 2.80. The molecule has 38 heavy (non-hydrogen) atoms. The van der Waals surface area contributed by atoms with Gasteiger partial charge in [-0.3, -0.25) is 14.0 Å². The molecular weight excluding hydrogens is 484 g/mol. The Hall–Kier alpha value is -4.25. The van der Waals surface area contributed by atoms with Gasteiger partial charge in [0.2, 0.25) is 5.91 Å². The van der Waals surface area contributed by atoms with Crippen LogP contribution >= 0.6 is 0 Å². The lowest BCUT2D eigenvalue weighted by Gasteiger charge is -2.32. The van der Waals surface area contributed by atoms with Gasteiger partial charge in [-0.05, 0) is 37.3 Å². The van der Waals surface area contributed by atoms with E-state index in [0.29, 0.717) is 55.3 Å². The molecule has 11 heteroatoms. The molecule has 2 aliphatic rings. The highest BCUT2D eigenvalue weighted by atomic mass is 16.5. The van der Waals surface area contributed by atoms with E-state index in [2.05, 4.69) is 15.3 Å². The quantitative estimate of drug-likeness (QED) is 0.433. The molecule has 3 aromatic heterocycles.